The molecular weight excluding hydrogens is 142 g/mol. The van der Waals surface area contributed by atoms with Crippen LogP contribution in [-0.2, 0) is 9.59 Å². The number of rotatable bonds is 4. The number of carbonyl (C=O) groups excluding carboxylic acids is 2. The van der Waals surface area contributed by atoms with Crippen LogP contribution in [-0.4, -0.2) is 17.6 Å². The Kier molecular flexibility index (Phi) is 4.26. The fourth-order valence-corrected chi connectivity index (χ4v) is 0.434. The van der Waals surface area contributed by atoms with Gasteiger partial charge in [0.05, 0.1) is 6.54 Å². The van der Waals surface area contributed by atoms with E-state index in [1.165, 1.54) is 0 Å². The summed E-state index contributed by atoms with van der Waals surface area (Å²) < 4.78 is 0. The molecule has 0 aliphatic rings. The average Bonchev–Trinajstić information content (AvgIpc) is 1.83. The number of hydrogen-bond acceptors (Lipinski definition) is 3. The van der Waals surface area contributed by atoms with Gasteiger partial charge in [-0.15, -0.1) is 0 Å². The highest BCUT2D eigenvalue weighted by Crippen LogP contribution is 1.93. The molecule has 0 radical (unpaired) electrons. The molecule has 0 spiro atoms. The summed E-state index contributed by atoms with van der Waals surface area (Å²) >= 11 is 4.95. The zero-order chi connectivity index (χ0) is 7.28. The number of halogens is 1. The molecule has 0 heterocycles. The van der Waals surface area contributed by atoms with Crippen molar-refractivity contribution in [1.29, 1.82) is 0 Å². The lowest BCUT2D eigenvalue weighted by Crippen LogP contribution is -2.13. The summed E-state index contributed by atoms with van der Waals surface area (Å²) in [6.45, 7) is -0.00975. The molecule has 3 nitrogen and oxygen atoms in total. The first-order valence-corrected chi connectivity index (χ1v) is 2.94. The van der Waals surface area contributed by atoms with Gasteiger partial charge < -0.3 is 5.73 Å². The monoisotopic (exact) mass is 149 g/mol. The van der Waals surface area contributed by atoms with Gasteiger partial charge in [0.15, 0.2) is 0 Å². The van der Waals surface area contributed by atoms with Crippen LogP contribution >= 0.6 is 11.6 Å². The van der Waals surface area contributed by atoms with Gasteiger partial charge in [0.25, 0.3) is 0 Å². The van der Waals surface area contributed by atoms with Gasteiger partial charge in [-0.05, 0) is 11.6 Å². The van der Waals surface area contributed by atoms with E-state index in [1.807, 2.05) is 0 Å². The lowest BCUT2D eigenvalue weighted by Gasteiger charge is -1.90. The van der Waals surface area contributed by atoms with Gasteiger partial charge in [-0.25, -0.2) is 0 Å². The van der Waals surface area contributed by atoms with Gasteiger partial charge in [-0.2, -0.15) is 0 Å². The van der Waals surface area contributed by atoms with Crippen LogP contribution < -0.4 is 5.73 Å². The third-order valence-corrected chi connectivity index (χ3v) is 1.02. The van der Waals surface area contributed by atoms with E-state index in [2.05, 4.69) is 0 Å². The van der Waals surface area contributed by atoms with Gasteiger partial charge in [0.1, 0.15) is 5.78 Å². The van der Waals surface area contributed by atoms with Crippen LogP contribution in [0.5, 0.6) is 0 Å². The third-order valence-electron chi connectivity index (χ3n) is 0.828. The molecule has 0 saturated heterocycles. The van der Waals surface area contributed by atoms with Gasteiger partial charge in [0.2, 0.25) is 5.24 Å². The van der Waals surface area contributed by atoms with Crippen molar-refractivity contribution in [2.24, 2.45) is 5.73 Å². The SMILES string of the molecule is NCC(=O)CCC(=O)Cl. The molecule has 0 aliphatic heterocycles. The molecule has 0 rings (SSSR count). The summed E-state index contributed by atoms with van der Waals surface area (Å²) in [5, 5.41) is -0.489. The van der Waals surface area contributed by atoms with Gasteiger partial charge in [-0.3, -0.25) is 9.59 Å². The lowest BCUT2D eigenvalue weighted by molar-refractivity contribution is -0.120. The van der Waals surface area contributed by atoms with Crippen LogP contribution in [0.15, 0.2) is 0 Å². The first kappa shape index (κ1) is 8.59. The van der Waals surface area contributed by atoms with Crippen molar-refractivity contribution in [3.63, 3.8) is 0 Å². The first-order chi connectivity index (χ1) is 4.16. The Bertz CT molecular complexity index is 124. The number of carbonyl (C=O) groups is 2. The van der Waals surface area contributed by atoms with Gasteiger partial charge in [-0.1, -0.05) is 0 Å². The number of hydrogen-bond donors (Lipinski definition) is 1. The summed E-state index contributed by atoms with van der Waals surface area (Å²) in [5.74, 6) is -0.135. The van der Waals surface area contributed by atoms with Crippen molar-refractivity contribution in [1.82, 2.24) is 0 Å². The molecule has 0 aromatic carbocycles. The Labute approximate surface area is 58.2 Å². The summed E-state index contributed by atoms with van der Waals surface area (Å²) in [6, 6.07) is 0. The predicted molar refractivity (Wildman–Crippen MR) is 34.2 cm³/mol. The lowest BCUT2D eigenvalue weighted by atomic mass is 10.2. The van der Waals surface area contributed by atoms with E-state index in [0.717, 1.165) is 0 Å². The summed E-state index contributed by atoms with van der Waals surface area (Å²) in [4.78, 5) is 20.4. The second kappa shape index (κ2) is 4.47. The summed E-state index contributed by atoms with van der Waals surface area (Å²) in [6.07, 6.45) is 0.260. The van der Waals surface area contributed by atoms with E-state index in [-0.39, 0.29) is 25.2 Å². The Balaban J connectivity index is 3.28. The summed E-state index contributed by atoms with van der Waals surface area (Å²) in [5.41, 5.74) is 4.95. The molecule has 0 bridgehead atoms. The second-order valence-electron chi connectivity index (χ2n) is 1.60. The maximum absolute atomic E-state index is 10.4. The highest BCUT2D eigenvalue weighted by atomic mass is 35.5. The van der Waals surface area contributed by atoms with Crippen LogP contribution in [0, 0.1) is 0 Å². The van der Waals surface area contributed by atoms with E-state index >= 15 is 0 Å². The molecule has 0 saturated carbocycles. The smallest absolute Gasteiger partial charge is 0.222 e. The second-order valence-corrected chi connectivity index (χ2v) is 2.02. The maximum Gasteiger partial charge on any atom is 0.222 e. The Morgan fingerprint density at radius 2 is 1.89 bits per heavy atom. The molecule has 52 valence electrons. The molecule has 0 aliphatic carbocycles. The van der Waals surface area contributed by atoms with Crippen molar-refractivity contribution in [3.05, 3.63) is 0 Å². The molecule has 0 fully saturated rings. The molecular formula is C5H8ClNO2. The molecule has 2 N–H and O–H groups in total. The zero-order valence-electron chi connectivity index (χ0n) is 4.89. The molecule has 4 heteroatoms. The molecule has 0 atom stereocenters. The normalized spacial score (nSPS) is 9.11. The minimum atomic E-state index is -0.489. The standard InChI is InChI=1S/C5H8ClNO2/c6-5(9)2-1-4(8)3-7/h1-3,7H2. The number of Topliss-reactive ketones (excluding diaryl/α,β-unsaturated/α-hetero) is 1. The minimum absolute atomic E-state index is 0.00975. The highest BCUT2D eigenvalue weighted by molar-refractivity contribution is 6.63. The van der Waals surface area contributed by atoms with E-state index in [1.54, 1.807) is 0 Å². The largest absolute Gasteiger partial charge is 0.324 e. The molecule has 0 unspecified atom stereocenters. The topological polar surface area (TPSA) is 60.2 Å². The van der Waals surface area contributed by atoms with Crippen LogP contribution in [0.3, 0.4) is 0 Å². The number of nitrogens with two attached hydrogens (primary N) is 1. The maximum atomic E-state index is 10.4. The van der Waals surface area contributed by atoms with Crippen molar-refractivity contribution in [2.45, 2.75) is 12.8 Å². The Hall–Kier alpha value is -0.410. The van der Waals surface area contributed by atoms with Crippen molar-refractivity contribution < 1.29 is 9.59 Å². The fraction of sp³-hybridized carbons (Fsp3) is 0.600. The first-order valence-electron chi connectivity index (χ1n) is 2.57. The third kappa shape index (κ3) is 5.46. The van der Waals surface area contributed by atoms with Crippen molar-refractivity contribution >= 4 is 22.6 Å². The summed E-state index contributed by atoms with van der Waals surface area (Å²) in [7, 11) is 0. The van der Waals surface area contributed by atoms with Crippen molar-refractivity contribution in [2.75, 3.05) is 6.54 Å². The van der Waals surface area contributed by atoms with Crippen LogP contribution in [0.1, 0.15) is 12.8 Å². The van der Waals surface area contributed by atoms with Crippen molar-refractivity contribution in [3.8, 4) is 0 Å². The molecule has 0 amide bonds. The fourth-order valence-electron chi connectivity index (χ4n) is 0.340. The van der Waals surface area contributed by atoms with Crippen LogP contribution in [0.4, 0.5) is 0 Å². The van der Waals surface area contributed by atoms with Gasteiger partial charge >= 0.3 is 0 Å². The zero-order valence-corrected chi connectivity index (χ0v) is 5.65. The Morgan fingerprint density at radius 3 is 2.22 bits per heavy atom. The Morgan fingerprint density at radius 1 is 1.33 bits per heavy atom. The average molecular weight is 150 g/mol. The molecule has 0 aromatic rings. The van der Waals surface area contributed by atoms with E-state index in [0.29, 0.717) is 0 Å². The minimum Gasteiger partial charge on any atom is -0.324 e. The molecule has 9 heavy (non-hydrogen) atoms. The quantitative estimate of drug-likeness (QED) is 0.575. The van der Waals surface area contributed by atoms with E-state index in [4.69, 9.17) is 17.3 Å². The van der Waals surface area contributed by atoms with E-state index < -0.39 is 5.24 Å². The predicted octanol–water partition coefficient (Wildman–Crippen LogP) is 0.0598. The van der Waals surface area contributed by atoms with Crippen LogP contribution in [0.25, 0.3) is 0 Å². The number of ketones is 1. The van der Waals surface area contributed by atoms with Gasteiger partial charge in [0, 0.05) is 12.8 Å². The van der Waals surface area contributed by atoms with Crippen LogP contribution in [0.2, 0.25) is 0 Å². The molecule has 0 aromatic heterocycles. The van der Waals surface area contributed by atoms with E-state index in [9.17, 15) is 9.59 Å². The highest BCUT2D eigenvalue weighted by Gasteiger charge is 2.01.